The lowest BCUT2D eigenvalue weighted by Crippen LogP contribution is -2.54. The molecular formula is C15H32NO11S3+. The topological polar surface area (TPSA) is 189 Å². The Morgan fingerprint density at radius 3 is 1.40 bits per heavy atom. The number of carbonyl (C=O) groups is 1. The number of esters is 1. The highest BCUT2D eigenvalue weighted by Crippen LogP contribution is 2.15. The Hall–Kier alpha value is -0.840. The van der Waals surface area contributed by atoms with E-state index in [9.17, 15) is 30.0 Å². The lowest BCUT2D eigenvalue weighted by Gasteiger charge is -2.38. The summed E-state index contributed by atoms with van der Waals surface area (Å²) in [5.74, 6) is -2.44. The van der Waals surface area contributed by atoms with Crippen LogP contribution in [0.2, 0.25) is 0 Å². The molecule has 0 aliphatic rings. The molecule has 3 N–H and O–H groups in total. The second-order valence-corrected chi connectivity index (χ2v) is 11.9. The zero-order valence-corrected chi connectivity index (χ0v) is 19.4. The summed E-state index contributed by atoms with van der Waals surface area (Å²) in [5, 5.41) is 0. The molecule has 0 aliphatic heterocycles. The van der Waals surface area contributed by atoms with Crippen molar-refractivity contribution in [2.75, 3.05) is 50.0 Å². The number of hydrogen-bond acceptors (Lipinski definition) is 8. The van der Waals surface area contributed by atoms with Gasteiger partial charge in [0.15, 0.2) is 6.54 Å². The largest absolute Gasteiger partial charge is 0.462 e. The zero-order valence-electron chi connectivity index (χ0n) is 17.0. The van der Waals surface area contributed by atoms with Gasteiger partial charge in [0.2, 0.25) is 0 Å². The van der Waals surface area contributed by atoms with Crippen LogP contribution in [0.3, 0.4) is 0 Å². The SMILES string of the molecule is CCCCOC(=O)C[N+](CCCS(=O)(=O)O)(CCCS(=O)(=O)O)CCCS(=O)(=O)O. The number of carbonyl (C=O) groups excluding carboxylic acids is 1. The number of nitrogens with zero attached hydrogens (tertiary/aromatic N) is 1. The molecule has 180 valence electrons. The fraction of sp³-hybridized carbons (Fsp3) is 0.933. The van der Waals surface area contributed by atoms with E-state index in [1.54, 1.807) is 0 Å². The first-order valence-corrected chi connectivity index (χ1v) is 14.3. The molecule has 0 aromatic carbocycles. The maximum atomic E-state index is 12.3. The molecule has 0 spiro atoms. The minimum Gasteiger partial charge on any atom is -0.462 e. The van der Waals surface area contributed by atoms with Gasteiger partial charge in [-0.1, -0.05) is 13.3 Å². The van der Waals surface area contributed by atoms with Gasteiger partial charge in [-0.2, -0.15) is 25.3 Å². The van der Waals surface area contributed by atoms with Gasteiger partial charge in [0.25, 0.3) is 30.4 Å². The normalized spacial score (nSPS) is 13.3. The molecule has 0 aromatic heterocycles. The van der Waals surface area contributed by atoms with Gasteiger partial charge in [0, 0.05) is 19.3 Å². The molecular weight excluding hydrogens is 466 g/mol. The van der Waals surface area contributed by atoms with E-state index in [-0.39, 0.29) is 56.5 Å². The van der Waals surface area contributed by atoms with Crippen LogP contribution >= 0.6 is 0 Å². The number of unbranched alkanes of at least 4 members (excludes halogenated alkanes) is 1. The Morgan fingerprint density at radius 2 is 1.10 bits per heavy atom. The van der Waals surface area contributed by atoms with Crippen LogP contribution in [0.4, 0.5) is 0 Å². The number of quaternary nitrogens is 1. The molecule has 0 radical (unpaired) electrons. The molecule has 0 aromatic rings. The molecule has 12 nitrogen and oxygen atoms in total. The summed E-state index contributed by atoms with van der Waals surface area (Å²) < 4.78 is 98.0. The van der Waals surface area contributed by atoms with E-state index in [0.717, 1.165) is 6.42 Å². The van der Waals surface area contributed by atoms with Gasteiger partial charge in [-0.3, -0.25) is 13.7 Å². The summed E-state index contributed by atoms with van der Waals surface area (Å²) in [4.78, 5) is 12.3. The van der Waals surface area contributed by atoms with Crippen molar-refractivity contribution in [2.45, 2.75) is 39.0 Å². The molecule has 15 heteroatoms. The molecule has 0 heterocycles. The van der Waals surface area contributed by atoms with Gasteiger partial charge in [0.05, 0.1) is 43.5 Å². The van der Waals surface area contributed by atoms with Gasteiger partial charge >= 0.3 is 5.97 Å². The monoisotopic (exact) mass is 498 g/mol. The third-order valence-electron chi connectivity index (χ3n) is 4.33. The number of rotatable bonds is 17. The molecule has 0 fully saturated rings. The second kappa shape index (κ2) is 12.9. The Bertz CT molecular complexity index is 742. The van der Waals surface area contributed by atoms with Crippen molar-refractivity contribution in [3.05, 3.63) is 0 Å². The van der Waals surface area contributed by atoms with Gasteiger partial charge < -0.3 is 9.22 Å². The van der Waals surface area contributed by atoms with E-state index < -0.39 is 53.6 Å². The van der Waals surface area contributed by atoms with Crippen molar-refractivity contribution in [1.82, 2.24) is 0 Å². The highest BCUT2D eigenvalue weighted by atomic mass is 32.2. The Kier molecular flexibility index (Phi) is 12.5. The van der Waals surface area contributed by atoms with Crippen molar-refractivity contribution < 1.29 is 52.9 Å². The summed E-state index contributed by atoms with van der Waals surface area (Å²) in [6.07, 6.45) is 1.15. The van der Waals surface area contributed by atoms with Crippen LogP contribution in [0.15, 0.2) is 0 Å². The molecule has 0 saturated heterocycles. The van der Waals surface area contributed by atoms with E-state index in [4.69, 9.17) is 18.4 Å². The zero-order chi connectivity index (χ0) is 23.5. The summed E-state index contributed by atoms with van der Waals surface area (Å²) in [5.41, 5.74) is 0. The minimum atomic E-state index is -4.28. The maximum absolute atomic E-state index is 12.3. The maximum Gasteiger partial charge on any atom is 0.361 e. The predicted molar refractivity (Wildman–Crippen MR) is 109 cm³/mol. The van der Waals surface area contributed by atoms with Crippen molar-refractivity contribution in [3.63, 3.8) is 0 Å². The number of hydrogen-bond donors (Lipinski definition) is 3. The Morgan fingerprint density at radius 1 is 0.733 bits per heavy atom. The lowest BCUT2D eigenvalue weighted by atomic mass is 10.2. The van der Waals surface area contributed by atoms with Gasteiger partial charge in [-0.25, -0.2) is 4.79 Å². The summed E-state index contributed by atoms with van der Waals surface area (Å²) in [6, 6.07) is 0. The third-order valence-corrected chi connectivity index (χ3v) is 6.74. The second-order valence-electron chi connectivity index (χ2n) is 7.16. The van der Waals surface area contributed by atoms with Crippen molar-refractivity contribution >= 4 is 36.3 Å². The molecule has 0 rings (SSSR count). The van der Waals surface area contributed by atoms with Crippen LogP contribution in [0.25, 0.3) is 0 Å². The molecule has 30 heavy (non-hydrogen) atoms. The first-order valence-electron chi connectivity index (χ1n) is 9.44. The lowest BCUT2D eigenvalue weighted by molar-refractivity contribution is -0.921. The summed E-state index contributed by atoms with van der Waals surface area (Å²) in [7, 11) is -12.8. The van der Waals surface area contributed by atoms with Crippen LogP contribution in [0.1, 0.15) is 39.0 Å². The van der Waals surface area contributed by atoms with Crippen molar-refractivity contribution in [1.29, 1.82) is 0 Å². The summed E-state index contributed by atoms with van der Waals surface area (Å²) in [6.45, 7) is 1.77. The number of ether oxygens (including phenoxy) is 1. The highest BCUT2D eigenvalue weighted by molar-refractivity contribution is 7.86. The fourth-order valence-electron chi connectivity index (χ4n) is 2.97. The first-order chi connectivity index (χ1) is 13.6. The summed E-state index contributed by atoms with van der Waals surface area (Å²) >= 11 is 0. The average molecular weight is 499 g/mol. The molecule has 0 amide bonds. The molecule has 0 aliphatic carbocycles. The quantitative estimate of drug-likeness (QED) is 0.106. The van der Waals surface area contributed by atoms with E-state index in [2.05, 4.69) is 0 Å². The van der Waals surface area contributed by atoms with Crippen molar-refractivity contribution in [2.24, 2.45) is 0 Å². The van der Waals surface area contributed by atoms with Crippen LogP contribution in [-0.2, 0) is 39.9 Å². The van der Waals surface area contributed by atoms with Gasteiger partial charge in [-0.15, -0.1) is 0 Å². The van der Waals surface area contributed by atoms with Crippen LogP contribution < -0.4 is 0 Å². The van der Waals surface area contributed by atoms with Gasteiger partial charge in [0.1, 0.15) is 0 Å². The average Bonchev–Trinajstić information content (AvgIpc) is 2.51. The smallest absolute Gasteiger partial charge is 0.361 e. The highest BCUT2D eigenvalue weighted by Gasteiger charge is 2.32. The first kappa shape index (κ1) is 29.2. The molecule has 0 bridgehead atoms. The van der Waals surface area contributed by atoms with Gasteiger partial charge in [-0.05, 0) is 6.42 Å². The predicted octanol–water partition coefficient (Wildman–Crippen LogP) is -0.0198. The van der Waals surface area contributed by atoms with Crippen molar-refractivity contribution in [3.8, 4) is 0 Å². The van der Waals surface area contributed by atoms with E-state index >= 15 is 0 Å². The fourth-order valence-corrected chi connectivity index (χ4v) is 4.45. The minimum absolute atomic E-state index is 0.000377. The standard InChI is InChI=1S/C15H31NO11S3/c1-2-3-10-27-15(17)14-16(7-4-11-28(18,19)20,8-5-12-29(21,22)23)9-6-13-30(24,25)26/h2-14H2,1H3,(H2-,18,19,20,21,22,23,24,25,26)/p+1. The van der Waals surface area contributed by atoms with E-state index in [1.807, 2.05) is 6.92 Å². The molecule has 0 atom stereocenters. The third kappa shape index (κ3) is 16.9. The Balaban J connectivity index is 5.48. The van der Waals surface area contributed by atoms with Crippen LogP contribution in [0, 0.1) is 0 Å². The Labute approximate surface area is 178 Å². The molecule has 0 saturated carbocycles. The van der Waals surface area contributed by atoms with Crippen LogP contribution in [-0.4, -0.2) is 99.4 Å². The molecule has 0 unspecified atom stereocenters. The van der Waals surface area contributed by atoms with E-state index in [1.165, 1.54) is 0 Å². The van der Waals surface area contributed by atoms with E-state index in [0.29, 0.717) is 6.42 Å². The van der Waals surface area contributed by atoms with Crippen LogP contribution in [0.5, 0.6) is 0 Å².